The van der Waals surface area contributed by atoms with Gasteiger partial charge in [0.2, 0.25) is 0 Å². The highest BCUT2D eigenvalue weighted by Gasteiger charge is 2.12. The highest BCUT2D eigenvalue weighted by atomic mass is 79.9. The predicted octanol–water partition coefficient (Wildman–Crippen LogP) is 4.90. The van der Waals surface area contributed by atoms with Crippen molar-refractivity contribution >= 4 is 50.0 Å². The molecule has 104 valence electrons. The summed E-state index contributed by atoms with van der Waals surface area (Å²) in [6.07, 6.45) is 0. The van der Waals surface area contributed by atoms with E-state index in [1.54, 1.807) is 6.07 Å². The first-order chi connectivity index (χ1) is 10.1. The summed E-state index contributed by atoms with van der Waals surface area (Å²) in [6.45, 7) is 0. The van der Waals surface area contributed by atoms with Gasteiger partial charge in [0.15, 0.2) is 0 Å². The van der Waals surface area contributed by atoms with E-state index in [9.17, 15) is 4.79 Å². The number of halogens is 2. The van der Waals surface area contributed by atoms with Crippen LogP contribution in [0, 0.1) is 0 Å². The van der Waals surface area contributed by atoms with Crippen LogP contribution in [0.5, 0.6) is 0 Å². The maximum atomic E-state index is 12.5. The summed E-state index contributed by atoms with van der Waals surface area (Å²) in [5, 5.41) is 3.93. The number of carbonyl (C=O) groups is 1. The number of pyridine rings is 1. The molecule has 0 aliphatic carbocycles. The minimum absolute atomic E-state index is 0.210. The van der Waals surface area contributed by atoms with Crippen molar-refractivity contribution in [2.75, 3.05) is 5.32 Å². The minimum Gasteiger partial charge on any atom is -0.322 e. The lowest BCUT2D eigenvalue weighted by atomic mass is 10.1. The van der Waals surface area contributed by atoms with Crippen molar-refractivity contribution in [2.45, 2.75) is 0 Å². The third kappa shape index (κ3) is 3.06. The number of hydrogen-bond donors (Lipinski definition) is 1. The van der Waals surface area contributed by atoms with Gasteiger partial charge in [-0.1, -0.05) is 45.7 Å². The second-order valence-corrected chi connectivity index (χ2v) is 5.77. The van der Waals surface area contributed by atoms with Crippen LogP contribution in [0.3, 0.4) is 0 Å². The van der Waals surface area contributed by atoms with Crippen molar-refractivity contribution in [2.24, 2.45) is 0 Å². The summed E-state index contributed by atoms with van der Waals surface area (Å²) < 4.78 is 0.956. The Kier molecular flexibility index (Phi) is 3.90. The molecule has 0 aliphatic rings. The van der Waals surface area contributed by atoms with Crippen molar-refractivity contribution in [3.8, 4) is 0 Å². The maximum Gasteiger partial charge on any atom is 0.256 e. The molecule has 0 atom stereocenters. The molecule has 0 bridgehead atoms. The van der Waals surface area contributed by atoms with Crippen LogP contribution in [0.2, 0.25) is 5.15 Å². The lowest BCUT2D eigenvalue weighted by Crippen LogP contribution is -2.12. The molecule has 2 aromatic carbocycles. The van der Waals surface area contributed by atoms with Crippen molar-refractivity contribution < 1.29 is 4.79 Å². The van der Waals surface area contributed by atoms with Gasteiger partial charge in [-0.05, 0) is 36.4 Å². The molecule has 0 unspecified atom stereocenters. The van der Waals surface area contributed by atoms with E-state index in [0.29, 0.717) is 16.2 Å². The van der Waals surface area contributed by atoms with Crippen LogP contribution in [0.4, 0.5) is 5.69 Å². The monoisotopic (exact) mass is 360 g/mol. The molecule has 3 aromatic rings. The van der Waals surface area contributed by atoms with Gasteiger partial charge in [-0.3, -0.25) is 4.79 Å². The number of aromatic nitrogens is 1. The summed E-state index contributed by atoms with van der Waals surface area (Å²) in [7, 11) is 0. The normalized spacial score (nSPS) is 10.6. The lowest BCUT2D eigenvalue weighted by molar-refractivity contribution is 0.102. The quantitative estimate of drug-likeness (QED) is 0.659. The number of benzene rings is 2. The molecule has 1 N–H and O–H groups in total. The summed E-state index contributed by atoms with van der Waals surface area (Å²) in [4.78, 5) is 16.7. The largest absolute Gasteiger partial charge is 0.322 e. The van der Waals surface area contributed by atoms with Gasteiger partial charge in [-0.2, -0.15) is 0 Å². The standard InChI is InChI=1S/C16H10BrClN2O/c17-10-5-7-11(8-6-10)19-16(21)13-9-15(18)20-14-4-2-1-3-12(13)14/h1-9H,(H,19,21). The molecular formula is C16H10BrClN2O. The van der Waals surface area contributed by atoms with Gasteiger partial charge in [-0.25, -0.2) is 4.98 Å². The van der Waals surface area contributed by atoms with E-state index < -0.39 is 0 Å². The number of para-hydroxylation sites is 1. The molecule has 1 aromatic heterocycles. The van der Waals surface area contributed by atoms with Crippen LogP contribution in [0.1, 0.15) is 10.4 Å². The lowest BCUT2D eigenvalue weighted by Gasteiger charge is -2.08. The molecule has 1 heterocycles. The van der Waals surface area contributed by atoms with Crippen LogP contribution in [-0.4, -0.2) is 10.9 Å². The summed E-state index contributed by atoms with van der Waals surface area (Å²) >= 11 is 9.35. The van der Waals surface area contributed by atoms with E-state index in [4.69, 9.17) is 11.6 Å². The molecule has 0 saturated heterocycles. The first-order valence-corrected chi connectivity index (χ1v) is 7.43. The van der Waals surface area contributed by atoms with Crippen molar-refractivity contribution in [3.63, 3.8) is 0 Å². The Morgan fingerprint density at radius 3 is 2.57 bits per heavy atom. The Bertz CT molecular complexity index is 818. The van der Waals surface area contributed by atoms with Gasteiger partial charge < -0.3 is 5.32 Å². The average molecular weight is 362 g/mol. The van der Waals surface area contributed by atoms with E-state index in [2.05, 4.69) is 26.2 Å². The van der Waals surface area contributed by atoms with E-state index in [1.807, 2.05) is 48.5 Å². The number of fused-ring (bicyclic) bond motifs is 1. The fraction of sp³-hybridized carbons (Fsp3) is 0. The zero-order valence-corrected chi connectivity index (χ0v) is 13.1. The summed E-state index contributed by atoms with van der Waals surface area (Å²) in [5.41, 5.74) is 1.93. The van der Waals surface area contributed by atoms with Crippen LogP contribution in [-0.2, 0) is 0 Å². The average Bonchev–Trinajstić information content (AvgIpc) is 2.48. The first kappa shape index (κ1) is 14.0. The molecule has 0 aliphatic heterocycles. The smallest absolute Gasteiger partial charge is 0.256 e. The molecule has 0 fully saturated rings. The van der Waals surface area contributed by atoms with Crippen molar-refractivity contribution in [1.29, 1.82) is 0 Å². The van der Waals surface area contributed by atoms with Gasteiger partial charge in [0.05, 0.1) is 11.1 Å². The second-order valence-electron chi connectivity index (χ2n) is 4.47. The molecule has 0 radical (unpaired) electrons. The van der Waals surface area contributed by atoms with Gasteiger partial charge in [0.25, 0.3) is 5.91 Å². The number of amides is 1. The van der Waals surface area contributed by atoms with Crippen molar-refractivity contribution in [1.82, 2.24) is 4.98 Å². The van der Waals surface area contributed by atoms with Crippen LogP contribution in [0.25, 0.3) is 10.9 Å². The van der Waals surface area contributed by atoms with E-state index >= 15 is 0 Å². The molecule has 3 rings (SSSR count). The third-order valence-electron chi connectivity index (χ3n) is 3.03. The van der Waals surface area contributed by atoms with E-state index in [0.717, 1.165) is 15.5 Å². The molecule has 3 nitrogen and oxygen atoms in total. The van der Waals surface area contributed by atoms with Gasteiger partial charge >= 0.3 is 0 Å². The zero-order chi connectivity index (χ0) is 14.8. The molecule has 1 amide bonds. The van der Waals surface area contributed by atoms with Gasteiger partial charge in [0, 0.05) is 15.5 Å². The second kappa shape index (κ2) is 5.84. The number of carbonyl (C=O) groups excluding carboxylic acids is 1. The van der Waals surface area contributed by atoms with Gasteiger partial charge in [0.1, 0.15) is 5.15 Å². The first-order valence-electron chi connectivity index (χ1n) is 6.26. The maximum absolute atomic E-state index is 12.5. The molecule has 21 heavy (non-hydrogen) atoms. The fourth-order valence-electron chi connectivity index (χ4n) is 2.06. The predicted molar refractivity (Wildman–Crippen MR) is 88.8 cm³/mol. The molecule has 5 heteroatoms. The highest BCUT2D eigenvalue weighted by molar-refractivity contribution is 9.10. The van der Waals surface area contributed by atoms with Crippen LogP contribution in [0.15, 0.2) is 59.1 Å². The molecule has 0 spiro atoms. The number of nitrogens with zero attached hydrogens (tertiary/aromatic N) is 1. The van der Waals surface area contributed by atoms with Crippen molar-refractivity contribution in [3.05, 3.63) is 69.8 Å². The Labute approximate surface area is 135 Å². The molecule has 0 saturated carbocycles. The number of anilines is 1. The minimum atomic E-state index is -0.210. The Hall–Kier alpha value is -1.91. The Morgan fingerprint density at radius 1 is 1.10 bits per heavy atom. The topological polar surface area (TPSA) is 42.0 Å². The Balaban J connectivity index is 1.99. The van der Waals surface area contributed by atoms with Crippen LogP contribution >= 0.6 is 27.5 Å². The number of nitrogens with one attached hydrogen (secondary N) is 1. The fourth-order valence-corrected chi connectivity index (χ4v) is 2.53. The van der Waals surface area contributed by atoms with Gasteiger partial charge in [-0.15, -0.1) is 0 Å². The number of rotatable bonds is 2. The summed E-state index contributed by atoms with van der Waals surface area (Å²) in [6, 6.07) is 16.4. The third-order valence-corrected chi connectivity index (χ3v) is 3.75. The SMILES string of the molecule is O=C(Nc1ccc(Br)cc1)c1cc(Cl)nc2ccccc12. The highest BCUT2D eigenvalue weighted by Crippen LogP contribution is 2.22. The van der Waals surface area contributed by atoms with Crippen LogP contribution < -0.4 is 5.32 Å². The summed E-state index contributed by atoms with van der Waals surface area (Å²) in [5.74, 6) is -0.210. The Morgan fingerprint density at radius 2 is 1.81 bits per heavy atom. The molecular weight excluding hydrogens is 352 g/mol. The van der Waals surface area contributed by atoms with E-state index in [1.165, 1.54) is 0 Å². The number of hydrogen-bond acceptors (Lipinski definition) is 2. The zero-order valence-electron chi connectivity index (χ0n) is 10.8. The van der Waals surface area contributed by atoms with E-state index in [-0.39, 0.29) is 5.91 Å².